The maximum Gasteiger partial charge on any atom is 0.303 e. The van der Waals surface area contributed by atoms with Gasteiger partial charge in [-0.2, -0.15) is 21.4 Å². The molecule has 2 aromatic rings. The van der Waals surface area contributed by atoms with Crippen LogP contribution >= 0.6 is 0 Å². The van der Waals surface area contributed by atoms with E-state index in [1.54, 1.807) is 19.2 Å². The Kier molecular flexibility index (Phi) is 14.6. The third-order valence-electron chi connectivity index (χ3n) is 10.0. The van der Waals surface area contributed by atoms with Gasteiger partial charge in [0.15, 0.2) is 5.71 Å². The van der Waals surface area contributed by atoms with Crippen LogP contribution in [0.15, 0.2) is 82.3 Å². The zero-order valence-electron chi connectivity index (χ0n) is 31.7. The molecule has 0 aromatic heterocycles. The van der Waals surface area contributed by atoms with Gasteiger partial charge in [-0.25, -0.2) is 0 Å². The largest absolute Gasteiger partial charge is 0.481 e. The Labute approximate surface area is 319 Å². The number of anilines is 1. The van der Waals surface area contributed by atoms with Crippen molar-refractivity contribution in [3.8, 4) is 0 Å². The number of hydrogen-bond donors (Lipinski definition) is 3. The lowest BCUT2D eigenvalue weighted by Gasteiger charge is -2.25. The van der Waals surface area contributed by atoms with E-state index in [1.807, 2.05) is 58.1 Å². The summed E-state index contributed by atoms with van der Waals surface area (Å²) in [5.74, 6) is -0.845. The Morgan fingerprint density at radius 2 is 1.46 bits per heavy atom. The number of likely N-dealkylation sites (N-methyl/N-ethyl adjacent to an activating group) is 1. The van der Waals surface area contributed by atoms with Crippen LogP contribution in [0.3, 0.4) is 0 Å². The summed E-state index contributed by atoms with van der Waals surface area (Å²) < 4.78 is 86.6. The molecule has 2 aliphatic heterocycles. The van der Waals surface area contributed by atoms with Crippen molar-refractivity contribution in [1.29, 1.82) is 0 Å². The van der Waals surface area contributed by atoms with Crippen LogP contribution in [0.4, 0.5) is 11.4 Å². The van der Waals surface area contributed by atoms with E-state index in [0.29, 0.717) is 71.8 Å². The van der Waals surface area contributed by atoms with Crippen molar-refractivity contribution in [2.24, 2.45) is 0 Å². The molecule has 15 heteroatoms. The molecule has 0 fully saturated rings. The molecule has 1 atom stereocenters. The number of carbonyl (C=O) groups is 1. The number of carboxylic acid groups (broad SMARTS) is 1. The maximum atomic E-state index is 12.3. The molecule has 0 saturated heterocycles. The van der Waals surface area contributed by atoms with Crippen LogP contribution < -0.4 is 4.90 Å². The van der Waals surface area contributed by atoms with Gasteiger partial charge in [0, 0.05) is 67.6 Å². The van der Waals surface area contributed by atoms with E-state index in [4.69, 9.17) is 19.3 Å². The first-order valence-corrected chi connectivity index (χ1v) is 20.9. The first-order valence-electron chi connectivity index (χ1n) is 18.0. The average molecular weight is 790 g/mol. The number of ether oxygens (including phenoxy) is 3. The minimum atomic E-state index is -4.48. The zero-order chi connectivity index (χ0) is 39.7. The number of rotatable bonds is 21. The van der Waals surface area contributed by atoms with E-state index in [9.17, 15) is 30.7 Å². The minimum absolute atomic E-state index is 0.0777. The Morgan fingerprint density at radius 1 is 0.833 bits per heavy atom. The Hall–Kier alpha value is -3.70. The molecule has 296 valence electrons. The van der Waals surface area contributed by atoms with Gasteiger partial charge in [-0.1, -0.05) is 32.1 Å². The van der Waals surface area contributed by atoms with Crippen molar-refractivity contribution >= 4 is 43.3 Å². The van der Waals surface area contributed by atoms with Gasteiger partial charge in [0.2, 0.25) is 5.69 Å². The third kappa shape index (κ3) is 10.1. The standard InChI is InChI=1S/C39H52N2O11S2/c1-6-40-33-18-16-29(53(44,45)46)27-31(33)38(2,3)35(40)13-9-7-10-14-36-39(4,20-22-51-25-26-52-24-23-50-5)32-28-30(54(47,48)49)17-19-34(32)41(36)21-12-8-11-15-37(42)43/h7,9-10,13-14,16-19,27-28H,6,8,11-12,15,20-26H2,1-5H3,(H2-,42,43,44,45,46,47,48,49)/p+1. The Balaban J connectivity index is 1.68. The molecule has 0 radical (unpaired) electrons. The van der Waals surface area contributed by atoms with Crippen LogP contribution in [0, 0.1) is 0 Å². The second kappa shape index (κ2) is 18.3. The normalized spacial score (nSPS) is 19.1. The zero-order valence-corrected chi connectivity index (χ0v) is 33.3. The third-order valence-corrected chi connectivity index (χ3v) is 11.7. The van der Waals surface area contributed by atoms with Gasteiger partial charge in [0.25, 0.3) is 20.2 Å². The van der Waals surface area contributed by atoms with E-state index < -0.39 is 37.0 Å². The number of aliphatic carboxylic acids is 1. The molecule has 1 unspecified atom stereocenters. The van der Waals surface area contributed by atoms with Gasteiger partial charge < -0.3 is 24.2 Å². The van der Waals surface area contributed by atoms with Gasteiger partial charge >= 0.3 is 5.97 Å². The van der Waals surface area contributed by atoms with E-state index in [2.05, 4.69) is 9.48 Å². The highest BCUT2D eigenvalue weighted by atomic mass is 32.2. The molecule has 0 amide bonds. The van der Waals surface area contributed by atoms with E-state index in [1.165, 1.54) is 24.3 Å². The molecule has 0 saturated carbocycles. The van der Waals surface area contributed by atoms with Gasteiger partial charge in [-0.15, -0.1) is 0 Å². The first kappa shape index (κ1) is 43.0. The van der Waals surface area contributed by atoms with Crippen molar-refractivity contribution in [3.05, 3.63) is 83.6 Å². The van der Waals surface area contributed by atoms with Crippen molar-refractivity contribution < 1.29 is 54.6 Å². The molecule has 2 aliphatic rings. The molecule has 0 aliphatic carbocycles. The van der Waals surface area contributed by atoms with Gasteiger partial charge in [0.05, 0.1) is 41.6 Å². The molecule has 4 rings (SSSR count). The lowest BCUT2D eigenvalue weighted by atomic mass is 9.76. The van der Waals surface area contributed by atoms with Crippen LogP contribution in [0.1, 0.15) is 70.9 Å². The molecule has 3 N–H and O–H groups in total. The number of benzene rings is 2. The summed E-state index contributed by atoms with van der Waals surface area (Å²) in [5.41, 5.74) is 3.73. The topological polar surface area (TPSA) is 180 Å². The lowest BCUT2D eigenvalue weighted by molar-refractivity contribution is -0.438. The predicted octanol–water partition coefficient (Wildman–Crippen LogP) is 6.07. The molecule has 0 spiro atoms. The number of unbranched alkanes of at least 4 members (excludes halogenated alkanes) is 2. The van der Waals surface area contributed by atoms with Crippen molar-refractivity contribution in [2.45, 2.75) is 80.4 Å². The molecule has 2 aromatic carbocycles. The highest BCUT2D eigenvalue weighted by molar-refractivity contribution is 7.86. The first-order chi connectivity index (χ1) is 25.5. The van der Waals surface area contributed by atoms with Crippen LogP contribution in [0.5, 0.6) is 0 Å². The predicted molar refractivity (Wildman–Crippen MR) is 206 cm³/mol. The maximum absolute atomic E-state index is 12.3. The second-order valence-electron chi connectivity index (χ2n) is 14.0. The van der Waals surface area contributed by atoms with Crippen molar-refractivity contribution in [2.75, 3.05) is 58.1 Å². The van der Waals surface area contributed by atoms with Crippen molar-refractivity contribution in [1.82, 2.24) is 0 Å². The van der Waals surface area contributed by atoms with Gasteiger partial charge in [0.1, 0.15) is 6.54 Å². The molecule has 0 bridgehead atoms. The minimum Gasteiger partial charge on any atom is -0.481 e. The lowest BCUT2D eigenvalue weighted by Crippen LogP contribution is -2.33. The number of carboxylic acids is 1. The van der Waals surface area contributed by atoms with Crippen LogP contribution in [-0.2, 0) is 50.1 Å². The summed E-state index contributed by atoms with van der Waals surface area (Å²) in [6.07, 6.45) is 12.1. The van der Waals surface area contributed by atoms with E-state index in [0.717, 1.165) is 33.9 Å². The summed E-state index contributed by atoms with van der Waals surface area (Å²) in [6, 6.07) is 9.25. The van der Waals surface area contributed by atoms with Gasteiger partial charge in [-0.3, -0.25) is 13.9 Å². The SMILES string of the molecule is CCN1/C(=C/C=C/C=C/C2=[N+](CCCCCC(=O)O)c3ccc(S(=O)(=O)O)cc3C2(C)CCOCCOCCOC)C(C)(C)c2cc(S(=O)(=O)O)ccc21. The number of fused-ring (bicyclic) bond motifs is 2. The number of hydrogen-bond acceptors (Lipinski definition) is 9. The van der Waals surface area contributed by atoms with Crippen LogP contribution in [0.25, 0.3) is 0 Å². The number of methoxy groups -OCH3 is 1. The molecule has 2 heterocycles. The smallest absolute Gasteiger partial charge is 0.303 e. The summed E-state index contributed by atoms with van der Waals surface area (Å²) in [7, 11) is -7.25. The summed E-state index contributed by atoms with van der Waals surface area (Å²) in [5, 5.41) is 9.12. The monoisotopic (exact) mass is 789 g/mol. The highest BCUT2D eigenvalue weighted by Crippen LogP contribution is 2.48. The summed E-state index contributed by atoms with van der Waals surface area (Å²) in [4.78, 5) is 12.9. The van der Waals surface area contributed by atoms with E-state index in [-0.39, 0.29) is 16.2 Å². The average Bonchev–Trinajstić information content (AvgIpc) is 3.46. The quantitative estimate of drug-likeness (QED) is 0.0577. The number of nitrogens with zero attached hydrogens (tertiary/aromatic N) is 2. The Bertz CT molecular complexity index is 2020. The van der Waals surface area contributed by atoms with Crippen LogP contribution in [-0.4, -0.2) is 101 Å². The molecule has 13 nitrogen and oxygen atoms in total. The fourth-order valence-corrected chi connectivity index (χ4v) is 8.19. The van der Waals surface area contributed by atoms with Crippen molar-refractivity contribution in [3.63, 3.8) is 0 Å². The Morgan fingerprint density at radius 3 is 2.09 bits per heavy atom. The number of allylic oxidation sites excluding steroid dienone is 6. The second-order valence-corrected chi connectivity index (χ2v) is 16.9. The fourth-order valence-electron chi connectivity index (χ4n) is 7.17. The summed E-state index contributed by atoms with van der Waals surface area (Å²) >= 11 is 0. The highest BCUT2D eigenvalue weighted by Gasteiger charge is 2.48. The fraction of sp³-hybridized carbons (Fsp3) is 0.487. The molecule has 54 heavy (non-hydrogen) atoms. The van der Waals surface area contributed by atoms with E-state index >= 15 is 0 Å². The van der Waals surface area contributed by atoms with Gasteiger partial charge in [-0.05, 0) is 75.1 Å². The summed E-state index contributed by atoms with van der Waals surface area (Å²) in [6.45, 7) is 11.3. The molecular weight excluding hydrogens is 737 g/mol. The molecular formula is C39H53N2O11S2+. The van der Waals surface area contributed by atoms with Crippen LogP contribution in [0.2, 0.25) is 0 Å².